The highest BCUT2D eigenvalue weighted by molar-refractivity contribution is 5.68. The van der Waals surface area contributed by atoms with Crippen molar-refractivity contribution in [2.45, 2.75) is 45.4 Å². The van der Waals surface area contributed by atoms with Crippen LogP contribution in [0.3, 0.4) is 0 Å². The Morgan fingerprint density at radius 2 is 2.30 bits per heavy atom. The summed E-state index contributed by atoms with van der Waals surface area (Å²) in [4.78, 5) is 18.3. The molecule has 1 fully saturated rings. The van der Waals surface area contributed by atoms with E-state index in [1.165, 1.54) is 0 Å². The van der Waals surface area contributed by atoms with E-state index in [-0.39, 0.29) is 12.1 Å². The van der Waals surface area contributed by atoms with Gasteiger partial charge >= 0.3 is 6.09 Å². The smallest absolute Gasteiger partial charge is 0.407 e. The van der Waals surface area contributed by atoms with Crippen molar-refractivity contribution in [1.82, 2.24) is 15.2 Å². The van der Waals surface area contributed by atoms with E-state index in [0.717, 1.165) is 31.7 Å². The molecule has 2 rings (SSSR count). The van der Waals surface area contributed by atoms with Crippen molar-refractivity contribution in [1.29, 1.82) is 0 Å². The average Bonchev–Trinajstić information content (AvgIpc) is 2.75. The number of alkyl carbamates (subject to hydrolysis) is 1. The molecule has 1 N–H and O–H groups in total. The molecule has 2 heterocycles. The predicted molar refractivity (Wildman–Crippen MR) is 77.3 cm³/mol. The van der Waals surface area contributed by atoms with Crippen LogP contribution in [-0.4, -0.2) is 40.7 Å². The number of ether oxygens (including phenoxy) is 1. The summed E-state index contributed by atoms with van der Waals surface area (Å²) in [6, 6.07) is 6.10. The molecule has 1 atom stereocenters. The second kappa shape index (κ2) is 6.22. The molecule has 1 aliphatic rings. The van der Waals surface area contributed by atoms with Crippen LogP contribution in [0, 0.1) is 0 Å². The zero-order valence-electron chi connectivity index (χ0n) is 12.4. The molecule has 0 aliphatic carbocycles. The van der Waals surface area contributed by atoms with E-state index in [9.17, 15) is 4.79 Å². The minimum atomic E-state index is -0.448. The Kier molecular flexibility index (Phi) is 4.60. The fraction of sp³-hybridized carbons (Fsp3) is 0.600. The van der Waals surface area contributed by atoms with E-state index in [2.05, 4.69) is 15.2 Å². The summed E-state index contributed by atoms with van der Waals surface area (Å²) in [5.74, 6) is 0. The third kappa shape index (κ3) is 4.81. The number of hydrogen-bond donors (Lipinski definition) is 1. The lowest BCUT2D eigenvalue weighted by atomic mass is 10.2. The summed E-state index contributed by atoms with van der Waals surface area (Å²) in [5.41, 5.74) is 0.612. The first-order valence-electron chi connectivity index (χ1n) is 7.04. The molecule has 0 radical (unpaired) electrons. The molecule has 0 aromatic carbocycles. The molecular formula is C15H23N3O2. The van der Waals surface area contributed by atoms with Crippen LogP contribution in [0.15, 0.2) is 24.4 Å². The second-order valence-electron chi connectivity index (χ2n) is 6.19. The van der Waals surface area contributed by atoms with Gasteiger partial charge in [-0.15, -0.1) is 0 Å². The van der Waals surface area contributed by atoms with Gasteiger partial charge in [0.05, 0.1) is 5.69 Å². The molecular weight excluding hydrogens is 254 g/mol. The molecule has 110 valence electrons. The number of carbonyl (C=O) groups excluding carboxylic acids is 1. The lowest BCUT2D eigenvalue weighted by molar-refractivity contribution is 0.0505. The van der Waals surface area contributed by atoms with Gasteiger partial charge in [-0.3, -0.25) is 9.88 Å². The van der Waals surface area contributed by atoms with Crippen molar-refractivity contribution in [3.8, 4) is 0 Å². The van der Waals surface area contributed by atoms with E-state index < -0.39 is 5.60 Å². The number of pyridine rings is 1. The Hall–Kier alpha value is -1.62. The first-order valence-corrected chi connectivity index (χ1v) is 7.04. The summed E-state index contributed by atoms with van der Waals surface area (Å²) < 4.78 is 5.27. The Labute approximate surface area is 120 Å². The summed E-state index contributed by atoms with van der Waals surface area (Å²) in [5, 5.41) is 2.93. The topological polar surface area (TPSA) is 54.5 Å². The van der Waals surface area contributed by atoms with Crippen LogP contribution in [0.2, 0.25) is 0 Å². The van der Waals surface area contributed by atoms with Crippen molar-refractivity contribution in [3.05, 3.63) is 30.1 Å². The summed E-state index contributed by atoms with van der Waals surface area (Å²) >= 11 is 0. The first-order chi connectivity index (χ1) is 9.42. The van der Waals surface area contributed by atoms with Gasteiger partial charge in [0.1, 0.15) is 5.60 Å². The number of hydrogen-bond acceptors (Lipinski definition) is 4. The number of nitrogens with one attached hydrogen (secondary N) is 1. The maximum Gasteiger partial charge on any atom is 0.407 e. The molecule has 1 aliphatic heterocycles. The van der Waals surface area contributed by atoms with Gasteiger partial charge in [0, 0.05) is 31.9 Å². The number of carbonyl (C=O) groups is 1. The largest absolute Gasteiger partial charge is 0.444 e. The SMILES string of the molecule is CC(C)(C)OC(=O)N[C@@H]1CCN(Cc2ccccn2)C1. The number of rotatable bonds is 3. The van der Waals surface area contributed by atoms with Crippen LogP contribution < -0.4 is 5.32 Å². The molecule has 0 saturated carbocycles. The standard InChI is InChI=1S/C15H23N3O2/c1-15(2,3)20-14(19)17-13-7-9-18(11-13)10-12-6-4-5-8-16-12/h4-6,8,13H,7,9-11H2,1-3H3,(H,17,19)/t13-/m1/s1. The van der Waals surface area contributed by atoms with Gasteiger partial charge in [-0.25, -0.2) is 4.79 Å². The monoisotopic (exact) mass is 277 g/mol. The Bertz CT molecular complexity index is 442. The molecule has 20 heavy (non-hydrogen) atoms. The van der Waals surface area contributed by atoms with Crippen molar-refractivity contribution >= 4 is 6.09 Å². The van der Waals surface area contributed by atoms with Crippen LogP contribution in [0.1, 0.15) is 32.9 Å². The van der Waals surface area contributed by atoms with Crippen molar-refractivity contribution < 1.29 is 9.53 Å². The van der Waals surface area contributed by atoms with E-state index in [1.807, 2.05) is 45.2 Å². The molecule has 1 aromatic heterocycles. The van der Waals surface area contributed by atoms with Gasteiger partial charge in [-0.05, 0) is 39.3 Å². The maximum absolute atomic E-state index is 11.7. The molecule has 5 heteroatoms. The normalized spacial score (nSPS) is 19.9. The molecule has 1 saturated heterocycles. The van der Waals surface area contributed by atoms with Crippen LogP contribution in [-0.2, 0) is 11.3 Å². The second-order valence-corrected chi connectivity index (χ2v) is 6.19. The molecule has 5 nitrogen and oxygen atoms in total. The highest BCUT2D eigenvalue weighted by Gasteiger charge is 2.26. The molecule has 0 spiro atoms. The number of nitrogens with zero attached hydrogens (tertiary/aromatic N) is 2. The van der Waals surface area contributed by atoms with Crippen molar-refractivity contribution in [2.75, 3.05) is 13.1 Å². The fourth-order valence-electron chi connectivity index (χ4n) is 2.29. The number of likely N-dealkylation sites (tertiary alicyclic amines) is 1. The van der Waals surface area contributed by atoms with Gasteiger partial charge in [0.25, 0.3) is 0 Å². The molecule has 1 aromatic rings. The number of aromatic nitrogens is 1. The lowest BCUT2D eigenvalue weighted by Gasteiger charge is -2.22. The van der Waals surface area contributed by atoms with Crippen molar-refractivity contribution in [3.63, 3.8) is 0 Å². The Balaban J connectivity index is 1.77. The van der Waals surface area contributed by atoms with Gasteiger partial charge < -0.3 is 10.1 Å². The quantitative estimate of drug-likeness (QED) is 0.920. The van der Waals surface area contributed by atoms with Gasteiger partial charge in [-0.1, -0.05) is 6.07 Å². The van der Waals surface area contributed by atoms with E-state index in [4.69, 9.17) is 4.74 Å². The van der Waals surface area contributed by atoms with Crippen LogP contribution in [0.5, 0.6) is 0 Å². The van der Waals surface area contributed by atoms with Gasteiger partial charge in [-0.2, -0.15) is 0 Å². The average molecular weight is 277 g/mol. The Morgan fingerprint density at radius 1 is 1.50 bits per heavy atom. The van der Waals surface area contributed by atoms with Gasteiger partial charge in [0.2, 0.25) is 0 Å². The minimum Gasteiger partial charge on any atom is -0.444 e. The Morgan fingerprint density at radius 3 is 2.95 bits per heavy atom. The zero-order valence-corrected chi connectivity index (χ0v) is 12.4. The minimum absolute atomic E-state index is 0.161. The predicted octanol–water partition coefficient (Wildman–Crippen LogP) is 2.18. The van der Waals surface area contributed by atoms with Gasteiger partial charge in [0.15, 0.2) is 0 Å². The van der Waals surface area contributed by atoms with E-state index in [1.54, 1.807) is 0 Å². The third-order valence-electron chi connectivity index (χ3n) is 3.10. The highest BCUT2D eigenvalue weighted by Crippen LogP contribution is 2.13. The summed E-state index contributed by atoms with van der Waals surface area (Å²) in [6.45, 7) is 8.25. The van der Waals surface area contributed by atoms with Crippen molar-refractivity contribution in [2.24, 2.45) is 0 Å². The van der Waals surface area contributed by atoms with Crippen LogP contribution in [0.25, 0.3) is 0 Å². The van der Waals surface area contributed by atoms with Crippen LogP contribution >= 0.6 is 0 Å². The first kappa shape index (κ1) is 14.8. The van der Waals surface area contributed by atoms with Crippen LogP contribution in [0.4, 0.5) is 4.79 Å². The number of amides is 1. The molecule has 0 bridgehead atoms. The summed E-state index contributed by atoms with van der Waals surface area (Å²) in [6.07, 6.45) is 2.43. The lowest BCUT2D eigenvalue weighted by Crippen LogP contribution is -2.40. The van der Waals surface area contributed by atoms with E-state index in [0.29, 0.717) is 0 Å². The fourth-order valence-corrected chi connectivity index (χ4v) is 2.29. The zero-order chi connectivity index (χ0) is 14.6. The molecule has 1 amide bonds. The highest BCUT2D eigenvalue weighted by atomic mass is 16.6. The summed E-state index contributed by atoms with van der Waals surface area (Å²) in [7, 11) is 0. The molecule has 0 unspecified atom stereocenters. The maximum atomic E-state index is 11.7. The van der Waals surface area contributed by atoms with E-state index >= 15 is 0 Å². The third-order valence-corrected chi connectivity index (χ3v) is 3.10.